The van der Waals surface area contributed by atoms with Crippen LogP contribution in [0.25, 0.3) is 0 Å². The van der Waals surface area contributed by atoms with Crippen molar-refractivity contribution in [3.05, 3.63) is 95.6 Å². The molecule has 2 unspecified atom stereocenters. The third-order valence-electron chi connectivity index (χ3n) is 6.74. The maximum atomic E-state index is 12.6. The van der Waals surface area contributed by atoms with Crippen LogP contribution >= 0.6 is 0 Å². The number of carbonyl (C=O) groups is 1. The van der Waals surface area contributed by atoms with Gasteiger partial charge in [0, 0.05) is 45.6 Å². The predicted molar refractivity (Wildman–Crippen MR) is 135 cm³/mol. The van der Waals surface area contributed by atoms with Crippen molar-refractivity contribution >= 4 is 5.91 Å². The molecule has 0 radical (unpaired) electrons. The largest absolute Gasteiger partial charge is 0.497 e. The van der Waals surface area contributed by atoms with Crippen LogP contribution in [0.3, 0.4) is 0 Å². The average molecular weight is 459 g/mol. The number of rotatable bonds is 9. The standard InChI is InChI=1S/C29H34N2O3/c1-22(32)31(18-23-9-5-4-6-10-23)20-25-19-30(17-24-13-15-26(33-2)16-14-24)21-28(25)27-11-7-8-12-29(27)34-3/h4-16,25,28H,17-21H2,1-3H3. The van der Waals surface area contributed by atoms with Gasteiger partial charge >= 0.3 is 0 Å². The van der Waals surface area contributed by atoms with Crippen LogP contribution in [0.1, 0.15) is 29.5 Å². The second kappa shape index (κ2) is 11.2. The van der Waals surface area contributed by atoms with Gasteiger partial charge in [0.25, 0.3) is 0 Å². The third-order valence-corrected chi connectivity index (χ3v) is 6.74. The molecule has 1 aliphatic heterocycles. The van der Waals surface area contributed by atoms with E-state index in [0.717, 1.165) is 36.7 Å². The van der Waals surface area contributed by atoms with E-state index < -0.39 is 0 Å². The summed E-state index contributed by atoms with van der Waals surface area (Å²) < 4.78 is 11.0. The molecule has 1 saturated heterocycles. The SMILES string of the molecule is COc1ccc(CN2CC(CN(Cc3ccccc3)C(C)=O)C(c3ccccc3OC)C2)cc1. The number of likely N-dealkylation sites (tertiary alicyclic amines) is 1. The fourth-order valence-corrected chi connectivity index (χ4v) is 4.98. The van der Waals surface area contributed by atoms with Crippen LogP contribution in [0.5, 0.6) is 11.5 Å². The Morgan fingerprint density at radius 3 is 2.26 bits per heavy atom. The first-order valence-corrected chi connectivity index (χ1v) is 11.8. The lowest BCUT2D eigenvalue weighted by Gasteiger charge is -2.28. The average Bonchev–Trinajstić information content (AvgIpc) is 3.26. The number of para-hydroxylation sites is 1. The monoisotopic (exact) mass is 458 g/mol. The van der Waals surface area contributed by atoms with Gasteiger partial charge < -0.3 is 14.4 Å². The number of methoxy groups -OCH3 is 2. The summed E-state index contributed by atoms with van der Waals surface area (Å²) >= 11 is 0. The van der Waals surface area contributed by atoms with Crippen LogP contribution in [-0.2, 0) is 17.9 Å². The van der Waals surface area contributed by atoms with Crippen molar-refractivity contribution in [1.82, 2.24) is 9.80 Å². The van der Waals surface area contributed by atoms with Crippen LogP contribution in [-0.4, -0.2) is 49.6 Å². The summed E-state index contributed by atoms with van der Waals surface area (Å²) in [6.07, 6.45) is 0. The second-order valence-corrected chi connectivity index (χ2v) is 9.04. The number of ether oxygens (including phenoxy) is 2. The van der Waals surface area contributed by atoms with Gasteiger partial charge in [-0.1, -0.05) is 60.7 Å². The summed E-state index contributed by atoms with van der Waals surface area (Å²) in [7, 11) is 3.42. The fraction of sp³-hybridized carbons (Fsp3) is 0.345. The summed E-state index contributed by atoms with van der Waals surface area (Å²) in [6, 6.07) is 26.8. The molecule has 0 bridgehead atoms. The van der Waals surface area contributed by atoms with Gasteiger partial charge in [0.15, 0.2) is 0 Å². The van der Waals surface area contributed by atoms with Crippen LogP contribution in [0.4, 0.5) is 0 Å². The highest BCUT2D eigenvalue weighted by atomic mass is 16.5. The fourth-order valence-electron chi connectivity index (χ4n) is 4.98. The van der Waals surface area contributed by atoms with Gasteiger partial charge in [-0.05, 0) is 40.8 Å². The van der Waals surface area contributed by atoms with E-state index in [1.54, 1.807) is 21.1 Å². The van der Waals surface area contributed by atoms with Crippen molar-refractivity contribution in [2.24, 2.45) is 5.92 Å². The Morgan fingerprint density at radius 2 is 1.59 bits per heavy atom. The molecule has 1 amide bonds. The Kier molecular flexibility index (Phi) is 7.86. The Morgan fingerprint density at radius 1 is 0.882 bits per heavy atom. The maximum Gasteiger partial charge on any atom is 0.219 e. The Labute approximate surface area is 202 Å². The first kappa shape index (κ1) is 23.8. The number of nitrogens with zero attached hydrogens (tertiary/aromatic N) is 2. The molecule has 0 spiro atoms. The summed E-state index contributed by atoms with van der Waals surface area (Å²) in [5.41, 5.74) is 3.63. The molecular weight excluding hydrogens is 424 g/mol. The molecule has 3 aromatic carbocycles. The van der Waals surface area contributed by atoms with E-state index in [9.17, 15) is 4.79 Å². The zero-order valence-corrected chi connectivity index (χ0v) is 20.3. The van der Waals surface area contributed by atoms with Crippen molar-refractivity contribution in [1.29, 1.82) is 0 Å². The van der Waals surface area contributed by atoms with Gasteiger partial charge in [0.05, 0.1) is 14.2 Å². The summed E-state index contributed by atoms with van der Waals surface area (Å²) in [5.74, 6) is 2.49. The van der Waals surface area contributed by atoms with E-state index in [2.05, 4.69) is 41.3 Å². The zero-order chi connectivity index (χ0) is 23.9. The molecule has 2 atom stereocenters. The van der Waals surface area contributed by atoms with Crippen LogP contribution < -0.4 is 9.47 Å². The normalized spacial score (nSPS) is 18.0. The summed E-state index contributed by atoms with van der Waals surface area (Å²) in [4.78, 5) is 17.1. The van der Waals surface area contributed by atoms with Crippen molar-refractivity contribution in [2.45, 2.75) is 25.9 Å². The van der Waals surface area contributed by atoms with E-state index in [0.29, 0.717) is 19.0 Å². The van der Waals surface area contributed by atoms with Gasteiger partial charge in [0.1, 0.15) is 11.5 Å². The van der Waals surface area contributed by atoms with Gasteiger partial charge in [-0.3, -0.25) is 9.69 Å². The molecule has 0 aromatic heterocycles. The third kappa shape index (κ3) is 5.78. The van der Waals surface area contributed by atoms with Crippen LogP contribution in [0.2, 0.25) is 0 Å². The Hall–Kier alpha value is -3.31. The Balaban J connectivity index is 1.56. The first-order valence-electron chi connectivity index (χ1n) is 11.8. The van der Waals surface area contributed by atoms with Gasteiger partial charge in [-0.15, -0.1) is 0 Å². The summed E-state index contributed by atoms with van der Waals surface area (Å²) in [6.45, 7) is 5.73. The molecule has 178 valence electrons. The topological polar surface area (TPSA) is 42.0 Å². The molecule has 0 saturated carbocycles. The van der Waals surface area contributed by atoms with Gasteiger partial charge in [-0.25, -0.2) is 0 Å². The van der Waals surface area contributed by atoms with Crippen molar-refractivity contribution in [3.8, 4) is 11.5 Å². The molecule has 5 nitrogen and oxygen atoms in total. The van der Waals surface area contributed by atoms with E-state index in [1.807, 2.05) is 47.4 Å². The van der Waals surface area contributed by atoms with E-state index >= 15 is 0 Å². The molecule has 3 aromatic rings. The highest BCUT2D eigenvalue weighted by molar-refractivity contribution is 5.73. The molecule has 1 fully saturated rings. The number of benzene rings is 3. The lowest BCUT2D eigenvalue weighted by molar-refractivity contribution is -0.130. The van der Waals surface area contributed by atoms with Crippen LogP contribution in [0.15, 0.2) is 78.9 Å². The molecule has 0 N–H and O–H groups in total. The van der Waals surface area contributed by atoms with E-state index in [4.69, 9.17) is 9.47 Å². The number of carbonyl (C=O) groups excluding carboxylic acids is 1. The second-order valence-electron chi connectivity index (χ2n) is 9.04. The Bertz CT molecular complexity index is 1070. The number of amides is 1. The molecule has 4 rings (SSSR count). The lowest BCUT2D eigenvalue weighted by Crippen LogP contribution is -2.35. The number of hydrogen-bond donors (Lipinski definition) is 0. The molecule has 0 aliphatic carbocycles. The van der Waals surface area contributed by atoms with Crippen molar-refractivity contribution in [3.63, 3.8) is 0 Å². The van der Waals surface area contributed by atoms with Crippen LogP contribution in [0, 0.1) is 5.92 Å². The van der Waals surface area contributed by atoms with E-state index in [-0.39, 0.29) is 11.8 Å². The predicted octanol–water partition coefficient (Wildman–Crippen LogP) is 4.97. The molecule has 1 heterocycles. The van der Waals surface area contributed by atoms with Crippen molar-refractivity contribution in [2.75, 3.05) is 33.9 Å². The first-order chi connectivity index (χ1) is 16.6. The minimum atomic E-state index is 0.108. The number of hydrogen-bond acceptors (Lipinski definition) is 4. The van der Waals surface area contributed by atoms with Gasteiger partial charge in [-0.2, -0.15) is 0 Å². The lowest BCUT2D eigenvalue weighted by atomic mass is 9.87. The summed E-state index contributed by atoms with van der Waals surface area (Å²) in [5, 5.41) is 0. The maximum absolute atomic E-state index is 12.6. The molecule has 34 heavy (non-hydrogen) atoms. The molecule has 1 aliphatic rings. The van der Waals surface area contributed by atoms with Gasteiger partial charge in [0.2, 0.25) is 5.91 Å². The minimum absolute atomic E-state index is 0.108. The van der Waals surface area contributed by atoms with E-state index in [1.165, 1.54) is 11.1 Å². The zero-order valence-electron chi connectivity index (χ0n) is 20.3. The molecule has 5 heteroatoms. The minimum Gasteiger partial charge on any atom is -0.497 e. The van der Waals surface area contributed by atoms with Crippen molar-refractivity contribution < 1.29 is 14.3 Å². The highest BCUT2D eigenvalue weighted by Gasteiger charge is 2.36. The quantitative estimate of drug-likeness (QED) is 0.454. The highest BCUT2D eigenvalue weighted by Crippen LogP contribution is 2.38. The molecular formula is C29H34N2O3. The smallest absolute Gasteiger partial charge is 0.219 e.